The van der Waals surface area contributed by atoms with Gasteiger partial charge in [-0.05, 0) is 32.0 Å². The lowest BCUT2D eigenvalue weighted by molar-refractivity contribution is 0.0977. The van der Waals surface area contributed by atoms with Gasteiger partial charge < -0.3 is 14.7 Å². The van der Waals surface area contributed by atoms with Gasteiger partial charge in [0.2, 0.25) is 10.0 Å². The van der Waals surface area contributed by atoms with Crippen LogP contribution >= 0.6 is 11.3 Å². The number of morpholine rings is 1. The summed E-state index contributed by atoms with van der Waals surface area (Å²) in [6.07, 6.45) is 1.29. The Morgan fingerprint density at radius 2 is 1.83 bits per heavy atom. The molecule has 9 nitrogen and oxygen atoms in total. The first-order valence-corrected chi connectivity index (χ1v) is 14.5. The number of piperazine rings is 1. The summed E-state index contributed by atoms with van der Waals surface area (Å²) in [7, 11) is -3.24. The largest absolute Gasteiger partial charge is 0.508 e. The number of aromatic hydroxyl groups is 1. The third-order valence-electron chi connectivity index (χ3n) is 6.50. The second-order valence-electron chi connectivity index (χ2n) is 9.43. The minimum Gasteiger partial charge on any atom is -0.508 e. The second-order valence-corrected chi connectivity index (χ2v) is 12.5. The summed E-state index contributed by atoms with van der Waals surface area (Å²) in [6, 6.07) is 8.98. The molecule has 3 aromatic rings. The number of phenols is 1. The molecule has 5 rings (SSSR count). The SMILES string of the molecule is C[C@@H]1CN(Cc2cc3nc(-c4cccc(O)c4)nc(N4CCOCC4)c3s2)C[C@H](C)N1S(C)(=O)=O. The van der Waals surface area contributed by atoms with Crippen LogP contribution in [0.25, 0.3) is 21.6 Å². The van der Waals surface area contributed by atoms with Gasteiger partial charge in [0.25, 0.3) is 0 Å². The maximum Gasteiger partial charge on any atom is 0.211 e. The normalized spacial score (nSPS) is 22.7. The number of phenolic OH excluding ortho intramolecular Hbond substituents is 1. The van der Waals surface area contributed by atoms with E-state index in [0.29, 0.717) is 32.1 Å². The van der Waals surface area contributed by atoms with Crippen LogP contribution in [0.5, 0.6) is 5.75 Å². The second kappa shape index (κ2) is 9.62. The molecule has 0 unspecified atom stereocenters. The molecule has 0 saturated carbocycles. The number of rotatable bonds is 5. The Hall–Kier alpha value is -2.31. The lowest BCUT2D eigenvalue weighted by atomic mass is 10.1. The smallest absolute Gasteiger partial charge is 0.211 e. The summed E-state index contributed by atoms with van der Waals surface area (Å²) in [5.41, 5.74) is 1.66. The molecular formula is C24H31N5O4S2. The predicted octanol–water partition coefficient (Wildman–Crippen LogP) is 2.75. The summed E-state index contributed by atoms with van der Waals surface area (Å²) in [5.74, 6) is 1.67. The van der Waals surface area contributed by atoms with Crippen molar-refractivity contribution in [3.63, 3.8) is 0 Å². The number of ether oxygens (including phenoxy) is 1. The lowest BCUT2D eigenvalue weighted by Crippen LogP contribution is -2.57. The summed E-state index contributed by atoms with van der Waals surface area (Å²) in [6.45, 7) is 8.89. The Labute approximate surface area is 210 Å². The van der Waals surface area contributed by atoms with Crippen LogP contribution in [0.1, 0.15) is 18.7 Å². The quantitative estimate of drug-likeness (QED) is 0.552. The highest BCUT2D eigenvalue weighted by atomic mass is 32.2. The van der Waals surface area contributed by atoms with Crippen LogP contribution in [0, 0.1) is 0 Å². The number of anilines is 1. The zero-order valence-corrected chi connectivity index (χ0v) is 21.8. The van der Waals surface area contributed by atoms with Crippen molar-refractivity contribution >= 4 is 37.4 Å². The summed E-state index contributed by atoms with van der Waals surface area (Å²) in [4.78, 5) is 15.5. The molecule has 1 aromatic carbocycles. The van der Waals surface area contributed by atoms with E-state index in [2.05, 4.69) is 15.9 Å². The highest BCUT2D eigenvalue weighted by Gasteiger charge is 2.35. The van der Waals surface area contributed by atoms with Crippen molar-refractivity contribution in [2.45, 2.75) is 32.5 Å². The van der Waals surface area contributed by atoms with Gasteiger partial charge >= 0.3 is 0 Å². The lowest BCUT2D eigenvalue weighted by Gasteiger charge is -2.42. The number of fused-ring (bicyclic) bond motifs is 1. The first-order valence-electron chi connectivity index (χ1n) is 11.8. The molecule has 2 saturated heterocycles. The van der Waals surface area contributed by atoms with Crippen molar-refractivity contribution in [3.05, 3.63) is 35.2 Å². The molecule has 2 aromatic heterocycles. The van der Waals surface area contributed by atoms with E-state index in [4.69, 9.17) is 14.7 Å². The number of aromatic nitrogens is 2. The van der Waals surface area contributed by atoms with E-state index >= 15 is 0 Å². The molecule has 0 spiro atoms. The van der Waals surface area contributed by atoms with E-state index in [9.17, 15) is 13.5 Å². The van der Waals surface area contributed by atoms with Crippen molar-refractivity contribution < 1.29 is 18.3 Å². The number of thiophene rings is 1. The summed E-state index contributed by atoms with van der Waals surface area (Å²) in [5, 5.41) is 9.98. The van der Waals surface area contributed by atoms with Crippen LogP contribution < -0.4 is 4.90 Å². The Morgan fingerprint density at radius 1 is 1.11 bits per heavy atom. The highest BCUT2D eigenvalue weighted by molar-refractivity contribution is 7.88. The van der Waals surface area contributed by atoms with Gasteiger partial charge in [0.05, 0.1) is 29.7 Å². The number of hydrogen-bond donors (Lipinski definition) is 1. The zero-order chi connectivity index (χ0) is 24.7. The van der Waals surface area contributed by atoms with Gasteiger partial charge in [-0.25, -0.2) is 18.4 Å². The van der Waals surface area contributed by atoms with Gasteiger partial charge in [0.15, 0.2) is 11.6 Å². The maximum absolute atomic E-state index is 12.2. The molecule has 2 fully saturated rings. The fourth-order valence-electron chi connectivity index (χ4n) is 5.23. The van der Waals surface area contributed by atoms with Crippen LogP contribution in [0.2, 0.25) is 0 Å². The van der Waals surface area contributed by atoms with Gasteiger partial charge in [-0.15, -0.1) is 11.3 Å². The van der Waals surface area contributed by atoms with Gasteiger partial charge in [-0.3, -0.25) is 4.90 Å². The Kier molecular flexibility index (Phi) is 6.71. The number of benzene rings is 1. The van der Waals surface area contributed by atoms with E-state index in [0.717, 1.165) is 41.2 Å². The molecule has 2 aliphatic heterocycles. The Morgan fingerprint density at radius 3 is 2.49 bits per heavy atom. The van der Waals surface area contributed by atoms with Crippen LogP contribution in [0.15, 0.2) is 30.3 Å². The number of hydrogen-bond acceptors (Lipinski definition) is 9. The first kappa shape index (κ1) is 24.4. The number of sulfonamides is 1. The molecule has 188 valence electrons. The third-order valence-corrected chi connectivity index (χ3v) is 9.09. The summed E-state index contributed by atoms with van der Waals surface area (Å²) < 4.78 is 32.6. The van der Waals surface area contributed by atoms with Gasteiger partial charge in [0.1, 0.15) is 5.75 Å². The average molecular weight is 518 g/mol. The molecule has 4 heterocycles. The Bertz CT molecular complexity index is 1310. The van der Waals surface area contributed by atoms with Gasteiger partial charge in [-0.2, -0.15) is 4.31 Å². The monoisotopic (exact) mass is 517 g/mol. The third kappa shape index (κ3) is 5.14. The van der Waals surface area contributed by atoms with E-state index in [1.165, 1.54) is 11.1 Å². The molecule has 11 heteroatoms. The average Bonchev–Trinajstić information content (AvgIpc) is 3.19. The van der Waals surface area contributed by atoms with Crippen molar-refractivity contribution in [1.29, 1.82) is 0 Å². The molecule has 1 N–H and O–H groups in total. The topological polar surface area (TPSA) is 99.1 Å². The standard InChI is InChI=1S/C24H31N5O4S2/c1-16-13-27(14-17(2)29(16)35(3,31)32)15-20-12-21-22(34-20)24(28-7-9-33-10-8-28)26-23(25-21)18-5-4-6-19(30)11-18/h4-6,11-12,16-17,30H,7-10,13-15H2,1-3H3/t16-,17+. The molecule has 0 radical (unpaired) electrons. The minimum atomic E-state index is -3.24. The minimum absolute atomic E-state index is 0.0795. The Balaban J connectivity index is 1.48. The van der Waals surface area contributed by atoms with Crippen molar-refractivity contribution in [2.75, 3.05) is 50.5 Å². The molecule has 0 amide bonds. The molecular weight excluding hydrogens is 486 g/mol. The van der Waals surface area contributed by atoms with Crippen LogP contribution in [0.3, 0.4) is 0 Å². The zero-order valence-electron chi connectivity index (χ0n) is 20.2. The predicted molar refractivity (Wildman–Crippen MR) is 138 cm³/mol. The maximum atomic E-state index is 12.2. The fourth-order valence-corrected chi connectivity index (χ4v) is 7.82. The molecule has 2 atom stereocenters. The van der Waals surface area contributed by atoms with Gasteiger partial charge in [0, 0.05) is 55.2 Å². The van der Waals surface area contributed by atoms with E-state index < -0.39 is 10.0 Å². The van der Waals surface area contributed by atoms with E-state index in [1.807, 2.05) is 19.9 Å². The molecule has 35 heavy (non-hydrogen) atoms. The van der Waals surface area contributed by atoms with Crippen LogP contribution in [0.4, 0.5) is 5.82 Å². The number of nitrogens with zero attached hydrogens (tertiary/aromatic N) is 5. The van der Waals surface area contributed by atoms with Crippen molar-refractivity contribution in [1.82, 2.24) is 19.2 Å². The van der Waals surface area contributed by atoms with Crippen LogP contribution in [-0.4, -0.2) is 90.4 Å². The van der Waals surface area contributed by atoms with Crippen molar-refractivity contribution in [3.8, 4) is 17.1 Å². The van der Waals surface area contributed by atoms with E-state index in [1.54, 1.807) is 33.8 Å². The summed E-state index contributed by atoms with van der Waals surface area (Å²) >= 11 is 1.70. The van der Waals surface area contributed by atoms with Crippen molar-refractivity contribution in [2.24, 2.45) is 0 Å². The van der Waals surface area contributed by atoms with Crippen LogP contribution in [-0.2, 0) is 21.3 Å². The molecule has 0 bridgehead atoms. The molecule has 0 aliphatic carbocycles. The first-order chi connectivity index (χ1) is 16.7. The highest BCUT2D eigenvalue weighted by Crippen LogP contribution is 2.36. The van der Waals surface area contributed by atoms with Gasteiger partial charge in [-0.1, -0.05) is 12.1 Å². The molecule has 2 aliphatic rings. The van der Waals surface area contributed by atoms with E-state index in [-0.39, 0.29) is 17.8 Å². The fraction of sp³-hybridized carbons (Fsp3) is 0.500.